The van der Waals surface area contributed by atoms with E-state index in [2.05, 4.69) is 55.0 Å². The van der Waals surface area contributed by atoms with Crippen LogP contribution in [0.3, 0.4) is 0 Å². The first-order valence-electron chi connectivity index (χ1n) is 13.8. The molecule has 34 heavy (non-hydrogen) atoms. The Morgan fingerprint density at radius 3 is 2.12 bits per heavy atom. The van der Waals surface area contributed by atoms with Crippen LogP contribution in [0.25, 0.3) is 11.4 Å². The molecule has 1 heterocycles. The molecule has 2 atom stereocenters. The van der Waals surface area contributed by atoms with Crippen molar-refractivity contribution in [3.8, 4) is 17.1 Å². The minimum atomic E-state index is -0.802. The summed E-state index contributed by atoms with van der Waals surface area (Å²) >= 11 is 0. The number of aromatic nitrogens is 2. The number of ether oxygens (including phenoxy) is 1. The van der Waals surface area contributed by atoms with Gasteiger partial charge in [0.25, 0.3) is 0 Å². The van der Waals surface area contributed by atoms with Crippen LogP contribution in [-0.4, -0.2) is 22.7 Å². The van der Waals surface area contributed by atoms with Crippen LogP contribution >= 0.6 is 0 Å². The number of hydrogen-bond donors (Lipinski definition) is 0. The van der Waals surface area contributed by atoms with Gasteiger partial charge in [-0.1, -0.05) is 103 Å². The number of hydrogen-bond acceptors (Lipinski definition) is 3. The SMILES string of the molecule is CCCCCCCCc1ccc(-c2ncc(OCCC(F)CCC(C)CCCCC)cn2)cc1. The Bertz CT molecular complexity index is 747. The van der Waals surface area contributed by atoms with E-state index in [9.17, 15) is 4.39 Å². The van der Waals surface area contributed by atoms with E-state index in [1.807, 2.05) is 0 Å². The van der Waals surface area contributed by atoms with E-state index in [1.54, 1.807) is 12.4 Å². The molecule has 1 aromatic carbocycles. The van der Waals surface area contributed by atoms with Gasteiger partial charge in [0.1, 0.15) is 6.17 Å². The van der Waals surface area contributed by atoms with Gasteiger partial charge in [-0.2, -0.15) is 0 Å². The molecule has 2 unspecified atom stereocenters. The van der Waals surface area contributed by atoms with E-state index in [1.165, 1.54) is 69.8 Å². The molecule has 4 heteroatoms. The van der Waals surface area contributed by atoms with Crippen LogP contribution in [0, 0.1) is 5.92 Å². The van der Waals surface area contributed by atoms with E-state index in [-0.39, 0.29) is 0 Å². The highest BCUT2D eigenvalue weighted by molar-refractivity contribution is 5.55. The summed E-state index contributed by atoms with van der Waals surface area (Å²) in [5, 5.41) is 0. The normalized spacial score (nSPS) is 13.1. The molecule has 190 valence electrons. The van der Waals surface area contributed by atoms with Gasteiger partial charge in [-0.05, 0) is 37.2 Å². The highest BCUT2D eigenvalue weighted by Crippen LogP contribution is 2.20. The second kappa shape index (κ2) is 17.5. The Balaban J connectivity index is 1.65. The van der Waals surface area contributed by atoms with Crippen molar-refractivity contribution in [1.29, 1.82) is 0 Å². The molecule has 0 N–H and O–H groups in total. The molecule has 0 saturated heterocycles. The fraction of sp³-hybridized carbons (Fsp3) is 0.667. The number of unbranched alkanes of at least 4 members (excludes halogenated alkanes) is 7. The largest absolute Gasteiger partial charge is 0.490 e. The van der Waals surface area contributed by atoms with Crippen molar-refractivity contribution in [3.05, 3.63) is 42.2 Å². The van der Waals surface area contributed by atoms with Crippen molar-refractivity contribution in [2.24, 2.45) is 5.92 Å². The highest BCUT2D eigenvalue weighted by Gasteiger charge is 2.11. The topological polar surface area (TPSA) is 35.0 Å². The Morgan fingerprint density at radius 2 is 1.41 bits per heavy atom. The molecule has 0 aliphatic rings. The molecule has 0 bridgehead atoms. The molecule has 2 rings (SSSR count). The number of nitrogens with zero attached hydrogens (tertiary/aromatic N) is 2. The smallest absolute Gasteiger partial charge is 0.159 e. The Hall–Kier alpha value is -1.97. The van der Waals surface area contributed by atoms with Crippen LogP contribution in [0.15, 0.2) is 36.7 Å². The number of aryl methyl sites for hydroxylation is 1. The predicted molar refractivity (Wildman–Crippen MR) is 142 cm³/mol. The maximum atomic E-state index is 14.2. The molecule has 0 saturated carbocycles. The molecular weight excluding hydrogens is 423 g/mol. The van der Waals surface area contributed by atoms with Crippen molar-refractivity contribution in [1.82, 2.24) is 9.97 Å². The van der Waals surface area contributed by atoms with Crippen LogP contribution in [-0.2, 0) is 6.42 Å². The average Bonchev–Trinajstić information content (AvgIpc) is 2.86. The molecule has 3 nitrogen and oxygen atoms in total. The average molecular weight is 471 g/mol. The van der Waals surface area contributed by atoms with Gasteiger partial charge in [-0.25, -0.2) is 14.4 Å². The third-order valence-corrected chi connectivity index (χ3v) is 6.63. The third-order valence-electron chi connectivity index (χ3n) is 6.63. The van der Waals surface area contributed by atoms with Crippen molar-refractivity contribution in [2.75, 3.05) is 6.61 Å². The summed E-state index contributed by atoms with van der Waals surface area (Å²) in [5.74, 6) is 1.90. The van der Waals surface area contributed by atoms with Crippen LogP contribution < -0.4 is 4.74 Å². The van der Waals surface area contributed by atoms with Crippen molar-refractivity contribution >= 4 is 0 Å². The fourth-order valence-corrected chi connectivity index (χ4v) is 4.27. The lowest BCUT2D eigenvalue weighted by Crippen LogP contribution is -2.09. The van der Waals surface area contributed by atoms with E-state index >= 15 is 0 Å². The lowest BCUT2D eigenvalue weighted by Gasteiger charge is -2.14. The lowest BCUT2D eigenvalue weighted by atomic mass is 9.96. The molecular formula is C30H47FN2O. The number of benzene rings is 1. The minimum Gasteiger partial charge on any atom is -0.490 e. The first-order valence-corrected chi connectivity index (χ1v) is 13.8. The van der Waals surface area contributed by atoms with Crippen LogP contribution in [0.4, 0.5) is 4.39 Å². The molecule has 0 spiro atoms. The summed E-state index contributed by atoms with van der Waals surface area (Å²) in [6.45, 7) is 7.07. The molecule has 0 radical (unpaired) electrons. The quantitative estimate of drug-likeness (QED) is 0.192. The third kappa shape index (κ3) is 11.9. The minimum absolute atomic E-state index is 0.362. The van der Waals surface area contributed by atoms with Crippen LogP contribution in [0.2, 0.25) is 0 Å². The maximum absolute atomic E-state index is 14.2. The monoisotopic (exact) mass is 470 g/mol. The number of alkyl halides is 1. The van der Waals surface area contributed by atoms with Crippen molar-refractivity contribution < 1.29 is 9.13 Å². The zero-order valence-electron chi connectivity index (χ0n) is 21.9. The number of halogens is 1. The number of rotatable bonds is 19. The van der Waals surface area contributed by atoms with Gasteiger partial charge < -0.3 is 4.74 Å². The Labute approximate surface area is 208 Å². The van der Waals surface area contributed by atoms with Gasteiger partial charge in [0.2, 0.25) is 0 Å². The fourth-order valence-electron chi connectivity index (χ4n) is 4.27. The van der Waals surface area contributed by atoms with Gasteiger partial charge in [0.15, 0.2) is 11.6 Å². The van der Waals surface area contributed by atoms with Gasteiger partial charge in [-0.3, -0.25) is 0 Å². The summed E-state index contributed by atoms with van der Waals surface area (Å²) in [6.07, 6.45) is 18.6. The van der Waals surface area contributed by atoms with Crippen molar-refractivity contribution in [3.63, 3.8) is 0 Å². The van der Waals surface area contributed by atoms with Gasteiger partial charge in [0, 0.05) is 12.0 Å². The molecule has 0 amide bonds. The summed E-state index contributed by atoms with van der Waals surface area (Å²) in [4.78, 5) is 8.89. The maximum Gasteiger partial charge on any atom is 0.159 e. The van der Waals surface area contributed by atoms with Crippen LogP contribution in [0.1, 0.15) is 110 Å². The van der Waals surface area contributed by atoms with Crippen LogP contribution in [0.5, 0.6) is 5.75 Å². The summed E-state index contributed by atoms with van der Waals surface area (Å²) in [6, 6.07) is 8.56. The first-order chi connectivity index (χ1) is 16.6. The standard InChI is InChI=1S/C30H47FN2O/c1-4-6-8-9-10-12-14-26-16-18-27(19-17-26)30-32-23-29(24-33-30)34-22-21-28(31)20-15-25(3)13-11-7-5-2/h16-19,23-25,28H,4-15,20-22H2,1-3H3. The van der Waals surface area contributed by atoms with E-state index in [0.29, 0.717) is 36.9 Å². The molecule has 2 aromatic rings. The summed E-state index contributed by atoms with van der Waals surface area (Å²) in [5.41, 5.74) is 2.38. The Morgan fingerprint density at radius 1 is 0.765 bits per heavy atom. The van der Waals surface area contributed by atoms with Gasteiger partial charge in [0.05, 0.1) is 19.0 Å². The van der Waals surface area contributed by atoms with E-state index < -0.39 is 6.17 Å². The molecule has 1 aromatic heterocycles. The predicted octanol–water partition coefficient (Wildman–Crippen LogP) is 9.15. The molecule has 0 fully saturated rings. The zero-order valence-corrected chi connectivity index (χ0v) is 21.9. The van der Waals surface area contributed by atoms with Gasteiger partial charge in [-0.15, -0.1) is 0 Å². The second-order valence-electron chi connectivity index (χ2n) is 9.87. The lowest BCUT2D eigenvalue weighted by molar-refractivity contribution is 0.215. The zero-order chi connectivity index (χ0) is 24.4. The molecule has 0 aliphatic carbocycles. The van der Waals surface area contributed by atoms with Gasteiger partial charge >= 0.3 is 0 Å². The van der Waals surface area contributed by atoms with E-state index in [4.69, 9.17) is 4.74 Å². The van der Waals surface area contributed by atoms with Crippen molar-refractivity contribution in [2.45, 2.75) is 117 Å². The summed E-state index contributed by atoms with van der Waals surface area (Å²) < 4.78 is 19.9. The molecule has 0 aliphatic heterocycles. The second-order valence-corrected chi connectivity index (χ2v) is 9.87. The first kappa shape index (κ1) is 28.3. The Kier molecular flexibility index (Phi) is 14.5. The van der Waals surface area contributed by atoms with E-state index in [0.717, 1.165) is 18.4 Å². The summed E-state index contributed by atoms with van der Waals surface area (Å²) in [7, 11) is 0. The highest BCUT2D eigenvalue weighted by atomic mass is 19.1.